The minimum Gasteiger partial charge on any atom is -0.468 e. The number of nitrogens with one attached hydrogen (secondary N) is 1. The maximum absolute atomic E-state index is 5.97. The van der Waals surface area contributed by atoms with Crippen molar-refractivity contribution in [3.8, 4) is 0 Å². The van der Waals surface area contributed by atoms with Crippen molar-refractivity contribution in [1.82, 2.24) is 5.32 Å². The molecule has 0 saturated heterocycles. The van der Waals surface area contributed by atoms with Crippen LogP contribution in [0.5, 0.6) is 0 Å². The Morgan fingerprint density at radius 1 is 1.33 bits per heavy atom. The molecule has 2 rings (SSSR count). The maximum atomic E-state index is 5.97. The first-order valence-corrected chi connectivity index (χ1v) is 7.31. The van der Waals surface area contributed by atoms with Gasteiger partial charge < -0.3 is 9.73 Å². The lowest BCUT2D eigenvalue weighted by Gasteiger charge is -2.15. The fourth-order valence-corrected chi connectivity index (χ4v) is 3.00. The molecule has 0 spiro atoms. The van der Waals surface area contributed by atoms with Gasteiger partial charge in [0.05, 0.1) is 12.3 Å². The molecule has 0 fully saturated rings. The van der Waals surface area contributed by atoms with Crippen LogP contribution in [0.25, 0.3) is 0 Å². The number of hydrogen-bond donors (Lipinski definition) is 1. The number of furan rings is 1. The first kappa shape index (κ1) is 13.5. The lowest BCUT2D eigenvalue weighted by molar-refractivity contribution is 0.441. The van der Waals surface area contributed by atoms with Crippen LogP contribution in [-0.2, 0) is 0 Å². The van der Waals surface area contributed by atoms with E-state index in [1.165, 1.54) is 4.90 Å². The fourth-order valence-electron chi connectivity index (χ4n) is 1.71. The van der Waals surface area contributed by atoms with E-state index < -0.39 is 0 Å². The normalized spacial score (nSPS) is 12.6. The highest BCUT2D eigenvalue weighted by atomic mass is 35.5. The zero-order chi connectivity index (χ0) is 12.8. The Kier molecular flexibility index (Phi) is 5.17. The van der Waals surface area contributed by atoms with E-state index in [1.807, 2.05) is 30.3 Å². The van der Waals surface area contributed by atoms with Crippen molar-refractivity contribution in [2.45, 2.75) is 17.9 Å². The average Bonchev–Trinajstić information content (AvgIpc) is 2.88. The summed E-state index contributed by atoms with van der Waals surface area (Å²) in [5.74, 6) is 1.90. The third-order valence-electron chi connectivity index (χ3n) is 2.55. The zero-order valence-electron chi connectivity index (χ0n) is 10.2. The molecule has 0 aliphatic carbocycles. The fraction of sp³-hybridized carbons (Fsp3) is 0.286. The zero-order valence-corrected chi connectivity index (χ0v) is 11.8. The molecule has 1 unspecified atom stereocenters. The van der Waals surface area contributed by atoms with Crippen LogP contribution in [0.4, 0.5) is 0 Å². The van der Waals surface area contributed by atoms with Gasteiger partial charge in [0.15, 0.2) is 0 Å². The van der Waals surface area contributed by atoms with Crippen molar-refractivity contribution < 1.29 is 4.42 Å². The quantitative estimate of drug-likeness (QED) is 0.796. The van der Waals surface area contributed by atoms with E-state index in [0.717, 1.165) is 23.1 Å². The summed E-state index contributed by atoms with van der Waals surface area (Å²) in [4.78, 5) is 1.18. The standard InChI is InChI=1S/C14H16ClNOS/c1-2-16-13(14-7-4-8-17-14)10-18-12-6-3-5-11(15)9-12/h3-9,13,16H,2,10H2,1H3. The Labute approximate surface area is 117 Å². The molecule has 1 N–H and O–H groups in total. The summed E-state index contributed by atoms with van der Waals surface area (Å²) in [7, 11) is 0. The van der Waals surface area contributed by atoms with E-state index in [2.05, 4.69) is 18.3 Å². The summed E-state index contributed by atoms with van der Waals surface area (Å²) < 4.78 is 5.46. The second-order valence-corrected chi connectivity index (χ2v) is 5.42. The molecule has 1 aromatic carbocycles. The van der Waals surface area contributed by atoms with Gasteiger partial charge in [0.25, 0.3) is 0 Å². The van der Waals surface area contributed by atoms with Crippen LogP contribution < -0.4 is 5.32 Å². The van der Waals surface area contributed by atoms with Crippen LogP contribution in [-0.4, -0.2) is 12.3 Å². The predicted octanol–water partition coefficient (Wildman–Crippen LogP) is 4.38. The van der Waals surface area contributed by atoms with Crippen molar-refractivity contribution >= 4 is 23.4 Å². The minimum atomic E-state index is 0.231. The molecule has 1 heterocycles. The molecule has 96 valence electrons. The Bertz CT molecular complexity index is 472. The first-order valence-electron chi connectivity index (χ1n) is 5.94. The third kappa shape index (κ3) is 3.80. The molecular formula is C14H16ClNOS. The van der Waals surface area contributed by atoms with Gasteiger partial charge in [-0.1, -0.05) is 24.6 Å². The molecule has 0 radical (unpaired) electrons. The van der Waals surface area contributed by atoms with E-state index in [0.29, 0.717) is 0 Å². The molecule has 0 amide bonds. The minimum absolute atomic E-state index is 0.231. The largest absolute Gasteiger partial charge is 0.468 e. The Morgan fingerprint density at radius 3 is 2.89 bits per heavy atom. The highest BCUT2D eigenvalue weighted by molar-refractivity contribution is 7.99. The highest BCUT2D eigenvalue weighted by Gasteiger charge is 2.13. The molecule has 4 heteroatoms. The number of rotatable bonds is 6. The van der Waals surface area contributed by atoms with Crippen LogP contribution in [0.3, 0.4) is 0 Å². The highest BCUT2D eigenvalue weighted by Crippen LogP contribution is 2.26. The van der Waals surface area contributed by atoms with Crippen LogP contribution in [0.15, 0.2) is 52.0 Å². The molecular weight excluding hydrogens is 266 g/mol. The number of benzene rings is 1. The summed E-state index contributed by atoms with van der Waals surface area (Å²) in [6.45, 7) is 3.02. The van der Waals surface area contributed by atoms with Crippen molar-refractivity contribution in [3.05, 3.63) is 53.4 Å². The van der Waals surface area contributed by atoms with E-state index in [4.69, 9.17) is 16.0 Å². The molecule has 18 heavy (non-hydrogen) atoms. The molecule has 2 nitrogen and oxygen atoms in total. The van der Waals surface area contributed by atoms with E-state index >= 15 is 0 Å². The van der Waals surface area contributed by atoms with Gasteiger partial charge in [-0.05, 0) is 36.9 Å². The van der Waals surface area contributed by atoms with Gasteiger partial charge in [0.1, 0.15) is 5.76 Å². The average molecular weight is 282 g/mol. The van der Waals surface area contributed by atoms with E-state index in [9.17, 15) is 0 Å². The topological polar surface area (TPSA) is 25.2 Å². The van der Waals surface area contributed by atoms with Crippen molar-refractivity contribution in [1.29, 1.82) is 0 Å². The summed E-state index contributed by atoms with van der Waals surface area (Å²) in [5, 5.41) is 4.20. The molecule has 0 aliphatic heterocycles. The molecule has 0 saturated carbocycles. The van der Waals surface area contributed by atoms with Crippen LogP contribution in [0, 0.1) is 0 Å². The van der Waals surface area contributed by atoms with Crippen molar-refractivity contribution in [2.24, 2.45) is 0 Å². The predicted molar refractivity (Wildman–Crippen MR) is 77.3 cm³/mol. The SMILES string of the molecule is CCNC(CSc1cccc(Cl)c1)c1ccco1. The van der Waals surface area contributed by atoms with Gasteiger partial charge in [0.2, 0.25) is 0 Å². The molecule has 0 bridgehead atoms. The smallest absolute Gasteiger partial charge is 0.121 e. The van der Waals surface area contributed by atoms with Gasteiger partial charge in [-0.25, -0.2) is 0 Å². The van der Waals surface area contributed by atoms with E-state index in [-0.39, 0.29) is 6.04 Å². The second-order valence-electron chi connectivity index (χ2n) is 3.89. The third-order valence-corrected chi connectivity index (χ3v) is 3.87. The Morgan fingerprint density at radius 2 is 2.22 bits per heavy atom. The molecule has 0 aliphatic rings. The monoisotopic (exact) mass is 281 g/mol. The van der Waals surface area contributed by atoms with Gasteiger partial charge >= 0.3 is 0 Å². The van der Waals surface area contributed by atoms with E-state index in [1.54, 1.807) is 18.0 Å². The van der Waals surface area contributed by atoms with Crippen molar-refractivity contribution in [3.63, 3.8) is 0 Å². The van der Waals surface area contributed by atoms with Gasteiger partial charge in [-0.2, -0.15) is 0 Å². The summed E-state index contributed by atoms with van der Waals surface area (Å²) >= 11 is 7.75. The van der Waals surface area contributed by atoms with Crippen LogP contribution in [0.1, 0.15) is 18.7 Å². The lowest BCUT2D eigenvalue weighted by Crippen LogP contribution is -2.22. The summed E-state index contributed by atoms with van der Waals surface area (Å²) in [6.07, 6.45) is 1.71. The number of thioether (sulfide) groups is 1. The van der Waals surface area contributed by atoms with Gasteiger partial charge in [0, 0.05) is 15.7 Å². The maximum Gasteiger partial charge on any atom is 0.121 e. The van der Waals surface area contributed by atoms with Gasteiger partial charge in [-0.15, -0.1) is 11.8 Å². The number of hydrogen-bond acceptors (Lipinski definition) is 3. The molecule has 1 aromatic heterocycles. The molecule has 2 aromatic rings. The lowest BCUT2D eigenvalue weighted by atomic mass is 10.2. The van der Waals surface area contributed by atoms with Crippen molar-refractivity contribution in [2.75, 3.05) is 12.3 Å². The summed E-state index contributed by atoms with van der Waals surface area (Å²) in [6, 6.07) is 12.1. The Hall–Kier alpha value is -0.900. The second kappa shape index (κ2) is 6.88. The Balaban J connectivity index is 1.98. The van der Waals surface area contributed by atoms with Gasteiger partial charge in [-0.3, -0.25) is 0 Å². The summed E-state index contributed by atoms with van der Waals surface area (Å²) in [5.41, 5.74) is 0. The van der Waals surface area contributed by atoms with Crippen LogP contribution >= 0.6 is 23.4 Å². The molecule has 1 atom stereocenters. The number of halogens is 1. The van der Waals surface area contributed by atoms with Crippen LogP contribution in [0.2, 0.25) is 5.02 Å². The first-order chi connectivity index (χ1) is 8.79.